The van der Waals surface area contributed by atoms with Crippen molar-refractivity contribution in [3.63, 3.8) is 0 Å². The van der Waals surface area contributed by atoms with Crippen LogP contribution in [0.1, 0.15) is 32.6 Å². The molecule has 2 fully saturated rings. The van der Waals surface area contributed by atoms with Crippen LogP contribution in [0.25, 0.3) is 0 Å². The minimum atomic E-state index is 0.788. The first-order valence-corrected chi connectivity index (χ1v) is 5.37. The van der Waals surface area contributed by atoms with Gasteiger partial charge in [0, 0.05) is 25.2 Å². The van der Waals surface area contributed by atoms with Crippen LogP contribution in [-0.4, -0.2) is 36.6 Å². The van der Waals surface area contributed by atoms with Crippen LogP contribution < -0.4 is 5.32 Å². The summed E-state index contributed by atoms with van der Waals surface area (Å²) in [4.78, 5) is 2.68. The second kappa shape index (κ2) is 3.75. The summed E-state index contributed by atoms with van der Waals surface area (Å²) < 4.78 is 0. The molecule has 1 unspecified atom stereocenters. The van der Waals surface area contributed by atoms with Crippen LogP contribution in [-0.2, 0) is 0 Å². The molecule has 1 aliphatic carbocycles. The normalized spacial score (nSPS) is 32.2. The standard InChI is InChI=1S/C10H20N2/c1-2-11-9-6-7-12(8-9)10-4-3-5-10/h9-11H,2-8H2,1H3. The molecule has 0 aromatic rings. The highest BCUT2D eigenvalue weighted by Crippen LogP contribution is 2.27. The Kier molecular flexibility index (Phi) is 2.66. The highest BCUT2D eigenvalue weighted by molar-refractivity contribution is 4.88. The van der Waals surface area contributed by atoms with Gasteiger partial charge in [0.15, 0.2) is 0 Å². The first-order chi connectivity index (χ1) is 5.90. The number of rotatable bonds is 3. The maximum Gasteiger partial charge on any atom is 0.0207 e. The molecule has 0 spiro atoms. The number of hydrogen-bond acceptors (Lipinski definition) is 2. The number of likely N-dealkylation sites (N-methyl/N-ethyl adjacent to an activating group) is 1. The Bertz CT molecular complexity index is 143. The molecule has 1 heterocycles. The van der Waals surface area contributed by atoms with Gasteiger partial charge in [0.05, 0.1) is 0 Å². The zero-order valence-corrected chi connectivity index (χ0v) is 8.05. The summed E-state index contributed by atoms with van der Waals surface area (Å²) in [6.45, 7) is 5.97. The summed E-state index contributed by atoms with van der Waals surface area (Å²) in [5.41, 5.74) is 0. The van der Waals surface area contributed by atoms with Gasteiger partial charge >= 0.3 is 0 Å². The second-order valence-electron chi connectivity index (χ2n) is 4.12. The lowest BCUT2D eigenvalue weighted by molar-refractivity contribution is 0.155. The Labute approximate surface area is 75.3 Å². The third kappa shape index (κ3) is 1.64. The lowest BCUT2D eigenvalue weighted by atomic mass is 9.92. The topological polar surface area (TPSA) is 15.3 Å². The minimum absolute atomic E-state index is 0.788. The van der Waals surface area contributed by atoms with Gasteiger partial charge in [0.2, 0.25) is 0 Å². The van der Waals surface area contributed by atoms with Crippen molar-refractivity contribution in [3.05, 3.63) is 0 Å². The van der Waals surface area contributed by atoms with Crippen LogP contribution in [0, 0.1) is 0 Å². The van der Waals surface area contributed by atoms with Gasteiger partial charge in [-0.3, -0.25) is 4.90 Å². The summed E-state index contributed by atoms with van der Waals surface area (Å²) in [6.07, 6.45) is 5.75. The van der Waals surface area contributed by atoms with Gasteiger partial charge in [-0.25, -0.2) is 0 Å². The van der Waals surface area contributed by atoms with E-state index in [2.05, 4.69) is 17.1 Å². The fraction of sp³-hybridized carbons (Fsp3) is 1.00. The summed E-state index contributed by atoms with van der Waals surface area (Å²) in [6, 6.07) is 1.74. The largest absolute Gasteiger partial charge is 0.313 e. The molecule has 0 radical (unpaired) electrons. The van der Waals surface area contributed by atoms with Crippen LogP contribution in [0.2, 0.25) is 0 Å². The van der Waals surface area contributed by atoms with Gasteiger partial charge in [-0.15, -0.1) is 0 Å². The van der Waals surface area contributed by atoms with Crippen molar-refractivity contribution in [1.82, 2.24) is 10.2 Å². The van der Waals surface area contributed by atoms with Crippen molar-refractivity contribution >= 4 is 0 Å². The number of nitrogens with zero attached hydrogens (tertiary/aromatic N) is 1. The Morgan fingerprint density at radius 2 is 2.17 bits per heavy atom. The Hall–Kier alpha value is -0.0800. The molecule has 0 amide bonds. The van der Waals surface area contributed by atoms with E-state index in [-0.39, 0.29) is 0 Å². The van der Waals surface area contributed by atoms with Crippen molar-refractivity contribution < 1.29 is 0 Å². The van der Waals surface area contributed by atoms with E-state index in [0.29, 0.717) is 0 Å². The molecule has 1 aliphatic heterocycles. The lowest BCUT2D eigenvalue weighted by Crippen LogP contribution is -2.40. The molecule has 2 aliphatic rings. The van der Waals surface area contributed by atoms with Gasteiger partial charge in [-0.2, -0.15) is 0 Å². The van der Waals surface area contributed by atoms with E-state index in [0.717, 1.165) is 18.6 Å². The fourth-order valence-corrected chi connectivity index (χ4v) is 2.33. The maximum atomic E-state index is 3.54. The zero-order valence-electron chi connectivity index (χ0n) is 8.05. The molecule has 0 aromatic heterocycles. The molecule has 2 nitrogen and oxygen atoms in total. The van der Waals surface area contributed by atoms with Crippen LogP contribution >= 0.6 is 0 Å². The molecule has 12 heavy (non-hydrogen) atoms. The molecule has 1 saturated carbocycles. The highest BCUT2D eigenvalue weighted by atomic mass is 15.2. The first kappa shape index (κ1) is 8.52. The van der Waals surface area contributed by atoms with Crippen molar-refractivity contribution in [2.75, 3.05) is 19.6 Å². The Balaban J connectivity index is 1.73. The number of likely N-dealkylation sites (tertiary alicyclic amines) is 1. The molecule has 1 atom stereocenters. The molecule has 1 saturated heterocycles. The molecular weight excluding hydrogens is 148 g/mol. The van der Waals surface area contributed by atoms with Gasteiger partial charge in [-0.05, 0) is 25.8 Å². The predicted molar refractivity (Wildman–Crippen MR) is 51.3 cm³/mol. The summed E-state index contributed by atoms with van der Waals surface area (Å²) in [7, 11) is 0. The number of hydrogen-bond donors (Lipinski definition) is 1. The molecular formula is C10H20N2. The molecule has 2 heteroatoms. The average Bonchev–Trinajstić information content (AvgIpc) is 2.34. The Morgan fingerprint density at radius 3 is 2.75 bits per heavy atom. The average molecular weight is 168 g/mol. The van der Waals surface area contributed by atoms with Gasteiger partial charge in [-0.1, -0.05) is 13.3 Å². The van der Waals surface area contributed by atoms with E-state index < -0.39 is 0 Å². The first-order valence-electron chi connectivity index (χ1n) is 5.37. The van der Waals surface area contributed by atoms with Crippen LogP contribution in [0.3, 0.4) is 0 Å². The Morgan fingerprint density at radius 1 is 1.33 bits per heavy atom. The van der Waals surface area contributed by atoms with Gasteiger partial charge < -0.3 is 5.32 Å². The van der Waals surface area contributed by atoms with Crippen molar-refractivity contribution in [3.8, 4) is 0 Å². The fourth-order valence-electron chi connectivity index (χ4n) is 2.33. The third-order valence-corrected chi connectivity index (χ3v) is 3.30. The molecule has 70 valence electrons. The van der Waals surface area contributed by atoms with Crippen molar-refractivity contribution in [2.45, 2.75) is 44.7 Å². The van der Waals surface area contributed by atoms with E-state index in [1.165, 1.54) is 38.8 Å². The summed E-state index contributed by atoms with van der Waals surface area (Å²) >= 11 is 0. The predicted octanol–water partition coefficient (Wildman–Crippen LogP) is 1.22. The van der Waals surface area contributed by atoms with E-state index in [1.807, 2.05) is 0 Å². The molecule has 2 rings (SSSR count). The SMILES string of the molecule is CCNC1CCN(C2CCC2)C1. The van der Waals surface area contributed by atoms with Gasteiger partial charge in [0.25, 0.3) is 0 Å². The van der Waals surface area contributed by atoms with E-state index in [9.17, 15) is 0 Å². The summed E-state index contributed by atoms with van der Waals surface area (Å²) in [5, 5.41) is 3.54. The van der Waals surface area contributed by atoms with E-state index in [4.69, 9.17) is 0 Å². The van der Waals surface area contributed by atoms with Crippen LogP contribution in [0.4, 0.5) is 0 Å². The second-order valence-corrected chi connectivity index (χ2v) is 4.12. The third-order valence-electron chi connectivity index (χ3n) is 3.30. The summed E-state index contributed by atoms with van der Waals surface area (Å²) in [5.74, 6) is 0. The smallest absolute Gasteiger partial charge is 0.0207 e. The highest BCUT2D eigenvalue weighted by Gasteiger charge is 2.30. The van der Waals surface area contributed by atoms with Gasteiger partial charge in [0.1, 0.15) is 0 Å². The zero-order chi connectivity index (χ0) is 8.39. The maximum absolute atomic E-state index is 3.54. The molecule has 0 aromatic carbocycles. The monoisotopic (exact) mass is 168 g/mol. The van der Waals surface area contributed by atoms with Crippen molar-refractivity contribution in [1.29, 1.82) is 0 Å². The number of nitrogens with one attached hydrogen (secondary N) is 1. The lowest BCUT2D eigenvalue weighted by Gasteiger charge is -2.34. The molecule has 0 bridgehead atoms. The van der Waals surface area contributed by atoms with Crippen molar-refractivity contribution in [2.24, 2.45) is 0 Å². The van der Waals surface area contributed by atoms with E-state index in [1.54, 1.807) is 0 Å². The quantitative estimate of drug-likeness (QED) is 0.681. The molecule has 1 N–H and O–H groups in total. The van der Waals surface area contributed by atoms with Crippen LogP contribution in [0.5, 0.6) is 0 Å². The van der Waals surface area contributed by atoms with E-state index >= 15 is 0 Å². The van der Waals surface area contributed by atoms with Crippen LogP contribution in [0.15, 0.2) is 0 Å². The minimum Gasteiger partial charge on any atom is -0.313 e.